The summed E-state index contributed by atoms with van der Waals surface area (Å²) in [6.07, 6.45) is 1.87. The number of hydrogen-bond donors (Lipinski definition) is 0. The number of hydrogen-bond acceptors (Lipinski definition) is 3. The van der Waals surface area contributed by atoms with E-state index in [1.165, 1.54) is 5.56 Å². The van der Waals surface area contributed by atoms with Gasteiger partial charge in [0, 0.05) is 48.5 Å². The normalized spacial score (nSPS) is 11.2. The molecule has 4 aromatic carbocycles. The molecule has 0 spiro atoms. The standard InChI is InChI=1S/C24H16NO.C12H10N.Ir/c1-14-11-15(2)13-16(12-14)23-22-21(19-9-5-6-10-20(19)25-23)17-7-3-4-8-18(17)24(22)26;1-10-7-8-12(13-9-10)11-5-3-2-4-6-11;/h3-12H,1-2H3;2-5,7-9H,1H3;/q2*-1;. The largest absolute Gasteiger partial charge is 0.304 e. The minimum Gasteiger partial charge on any atom is -0.304 e. The van der Waals surface area contributed by atoms with Gasteiger partial charge in [0.1, 0.15) is 0 Å². The van der Waals surface area contributed by atoms with Gasteiger partial charge in [-0.15, -0.1) is 70.8 Å². The Morgan fingerprint density at radius 1 is 0.700 bits per heavy atom. The first-order valence-corrected chi connectivity index (χ1v) is 13.0. The molecule has 7 rings (SSSR count). The number of nitrogens with zero attached hydrogens (tertiary/aromatic N) is 2. The van der Waals surface area contributed by atoms with Crippen LogP contribution in [0.3, 0.4) is 0 Å². The van der Waals surface area contributed by atoms with Gasteiger partial charge in [-0.1, -0.05) is 68.4 Å². The molecule has 3 nitrogen and oxygen atoms in total. The maximum Gasteiger partial charge on any atom is 0.187 e. The van der Waals surface area contributed by atoms with Crippen LogP contribution in [0.1, 0.15) is 32.6 Å². The molecule has 0 unspecified atom stereocenters. The Hall–Kier alpha value is -4.24. The van der Waals surface area contributed by atoms with E-state index in [9.17, 15) is 4.79 Å². The molecule has 40 heavy (non-hydrogen) atoms. The summed E-state index contributed by atoms with van der Waals surface area (Å²) in [5.41, 5.74) is 11.4. The molecule has 0 aliphatic heterocycles. The topological polar surface area (TPSA) is 42.9 Å². The number of pyridine rings is 2. The summed E-state index contributed by atoms with van der Waals surface area (Å²) in [4.78, 5) is 22.4. The van der Waals surface area contributed by atoms with E-state index in [0.29, 0.717) is 5.56 Å². The summed E-state index contributed by atoms with van der Waals surface area (Å²) in [7, 11) is 0. The summed E-state index contributed by atoms with van der Waals surface area (Å²) in [5.74, 6) is 0.0522. The van der Waals surface area contributed by atoms with Crippen LogP contribution in [0.5, 0.6) is 0 Å². The summed E-state index contributed by atoms with van der Waals surface area (Å²) in [6.45, 7) is 6.11. The number of rotatable bonds is 2. The number of fused-ring (bicyclic) bond motifs is 5. The van der Waals surface area contributed by atoms with Crippen molar-refractivity contribution in [3.05, 3.63) is 143 Å². The number of ketones is 1. The summed E-state index contributed by atoms with van der Waals surface area (Å²) in [6, 6.07) is 38.5. The maximum atomic E-state index is 13.2. The third-order valence-electron chi connectivity index (χ3n) is 6.86. The van der Waals surface area contributed by atoms with Crippen LogP contribution in [0.25, 0.3) is 44.5 Å². The number of benzene rings is 4. The Labute approximate surface area is 248 Å². The average Bonchev–Trinajstić information content (AvgIpc) is 3.26. The number of carbonyl (C=O) groups excluding carboxylic acids is 1. The first kappa shape index (κ1) is 27.3. The van der Waals surface area contributed by atoms with Gasteiger partial charge in [0.25, 0.3) is 0 Å². The van der Waals surface area contributed by atoms with E-state index in [2.05, 4.69) is 42.2 Å². The van der Waals surface area contributed by atoms with E-state index >= 15 is 0 Å². The van der Waals surface area contributed by atoms with E-state index < -0.39 is 0 Å². The van der Waals surface area contributed by atoms with Crippen molar-refractivity contribution >= 4 is 16.7 Å². The van der Waals surface area contributed by atoms with Crippen LogP contribution in [-0.2, 0) is 20.1 Å². The van der Waals surface area contributed by atoms with Gasteiger partial charge in [-0.05, 0) is 35.4 Å². The molecule has 0 amide bonds. The second-order valence-corrected chi connectivity index (χ2v) is 9.85. The summed E-state index contributed by atoms with van der Waals surface area (Å²) in [5, 5.41) is 1.02. The fraction of sp³-hybridized carbons (Fsp3) is 0.0833. The fourth-order valence-corrected chi connectivity index (χ4v) is 5.14. The molecule has 197 valence electrons. The first-order valence-electron chi connectivity index (χ1n) is 13.0. The van der Waals surface area contributed by atoms with Crippen LogP contribution in [0, 0.1) is 32.9 Å². The van der Waals surface area contributed by atoms with E-state index in [1.807, 2.05) is 98.9 Å². The molecule has 1 aliphatic carbocycles. The molecule has 0 fully saturated rings. The number of para-hydroxylation sites is 1. The Morgan fingerprint density at radius 3 is 2.17 bits per heavy atom. The van der Waals surface area contributed by atoms with Crippen molar-refractivity contribution in [2.24, 2.45) is 0 Å². The van der Waals surface area contributed by atoms with Crippen LogP contribution in [0.15, 0.2) is 103 Å². The van der Waals surface area contributed by atoms with Gasteiger partial charge in [0.2, 0.25) is 0 Å². The molecule has 2 aromatic heterocycles. The zero-order valence-electron chi connectivity index (χ0n) is 22.5. The van der Waals surface area contributed by atoms with Crippen molar-refractivity contribution in [3.63, 3.8) is 0 Å². The zero-order chi connectivity index (χ0) is 26.9. The summed E-state index contributed by atoms with van der Waals surface area (Å²) >= 11 is 0. The predicted octanol–water partition coefficient (Wildman–Crippen LogP) is 8.38. The zero-order valence-corrected chi connectivity index (χ0v) is 24.8. The first-order chi connectivity index (χ1) is 19.0. The van der Waals surface area contributed by atoms with Gasteiger partial charge < -0.3 is 4.98 Å². The van der Waals surface area contributed by atoms with Gasteiger partial charge in [-0.2, -0.15) is 0 Å². The number of carbonyl (C=O) groups is 1. The van der Waals surface area contributed by atoms with Crippen molar-refractivity contribution in [2.75, 3.05) is 0 Å². The van der Waals surface area contributed by atoms with Crippen molar-refractivity contribution in [1.82, 2.24) is 9.97 Å². The molecule has 0 atom stereocenters. The van der Waals surface area contributed by atoms with Gasteiger partial charge in [-0.3, -0.25) is 9.78 Å². The Morgan fingerprint density at radius 2 is 1.45 bits per heavy atom. The molecule has 0 saturated heterocycles. The van der Waals surface area contributed by atoms with Gasteiger partial charge >= 0.3 is 0 Å². The number of aromatic nitrogens is 2. The smallest absolute Gasteiger partial charge is 0.187 e. The van der Waals surface area contributed by atoms with Crippen LogP contribution in [0.4, 0.5) is 0 Å². The van der Waals surface area contributed by atoms with Crippen molar-refractivity contribution < 1.29 is 24.9 Å². The molecule has 6 aromatic rings. The van der Waals surface area contributed by atoms with Gasteiger partial charge in [0.05, 0.1) is 5.52 Å². The summed E-state index contributed by atoms with van der Waals surface area (Å²) < 4.78 is 0. The Kier molecular flexibility index (Phi) is 7.84. The van der Waals surface area contributed by atoms with E-state index in [4.69, 9.17) is 4.98 Å². The van der Waals surface area contributed by atoms with E-state index in [-0.39, 0.29) is 25.9 Å². The SMILES string of the molecule is Cc1[c-]c(-c2nc3ccccc3c3c2C(=O)c2ccccc2-3)cc(C)c1.Cc1ccc(-c2[c-]cccc2)nc1.[Ir]. The molecule has 0 bridgehead atoms. The molecule has 0 saturated carbocycles. The van der Waals surface area contributed by atoms with Crippen molar-refractivity contribution in [1.29, 1.82) is 0 Å². The quantitative estimate of drug-likeness (QED) is 0.171. The van der Waals surface area contributed by atoms with Gasteiger partial charge in [0.15, 0.2) is 5.78 Å². The predicted molar refractivity (Wildman–Crippen MR) is 158 cm³/mol. The van der Waals surface area contributed by atoms with Gasteiger partial charge in [-0.25, -0.2) is 0 Å². The second-order valence-electron chi connectivity index (χ2n) is 9.85. The fourth-order valence-electron chi connectivity index (χ4n) is 5.14. The molecule has 4 heteroatoms. The van der Waals surface area contributed by atoms with Crippen LogP contribution < -0.4 is 0 Å². The molecule has 0 N–H and O–H groups in total. The minimum atomic E-state index is 0. The minimum absolute atomic E-state index is 0. The van der Waals surface area contributed by atoms with Crippen LogP contribution in [0.2, 0.25) is 0 Å². The van der Waals surface area contributed by atoms with Crippen LogP contribution in [-0.4, -0.2) is 15.8 Å². The monoisotopic (exact) mass is 695 g/mol. The Bertz CT molecular complexity index is 1820. The second kappa shape index (κ2) is 11.5. The number of aryl methyl sites for hydroxylation is 3. The molecule has 1 aliphatic rings. The van der Waals surface area contributed by atoms with Crippen LogP contribution >= 0.6 is 0 Å². The third-order valence-corrected chi connectivity index (χ3v) is 6.86. The third kappa shape index (κ3) is 5.16. The van der Waals surface area contributed by atoms with Crippen molar-refractivity contribution in [3.8, 4) is 33.6 Å². The molecule has 1 radical (unpaired) electrons. The van der Waals surface area contributed by atoms with E-state index in [0.717, 1.165) is 61.2 Å². The Balaban J connectivity index is 0.000000195. The van der Waals surface area contributed by atoms with E-state index in [1.54, 1.807) is 0 Å². The average molecular weight is 695 g/mol. The molecular weight excluding hydrogens is 669 g/mol. The van der Waals surface area contributed by atoms with Crippen molar-refractivity contribution in [2.45, 2.75) is 20.8 Å². The molecular formula is C36H26IrN2O-2. The maximum absolute atomic E-state index is 13.2. The molecule has 2 heterocycles.